The van der Waals surface area contributed by atoms with E-state index in [2.05, 4.69) is 11.2 Å². The Bertz CT molecular complexity index is 395. The summed E-state index contributed by atoms with van der Waals surface area (Å²) in [6.45, 7) is 0. The minimum atomic E-state index is -3.58. The highest BCUT2D eigenvalue weighted by molar-refractivity contribution is 7.91. The van der Waals surface area contributed by atoms with Gasteiger partial charge in [0.15, 0.2) is 9.84 Å². The van der Waals surface area contributed by atoms with Gasteiger partial charge >= 0.3 is 0 Å². The maximum absolute atomic E-state index is 11.1. The van der Waals surface area contributed by atoms with Crippen LogP contribution in [0.1, 0.15) is 5.37 Å². The smallest absolute Gasteiger partial charge is 0.257 e. The Morgan fingerprint density at radius 3 is 2.62 bits per heavy atom. The summed E-state index contributed by atoms with van der Waals surface area (Å²) >= 11 is 0. The second-order valence-corrected chi connectivity index (χ2v) is 4.61. The van der Waals surface area contributed by atoms with Crippen molar-refractivity contribution in [3.63, 3.8) is 0 Å². The third-order valence-corrected chi connectivity index (χ3v) is 2.62. The average Bonchev–Trinajstić information content (AvgIpc) is 2.34. The highest BCUT2D eigenvalue weighted by Crippen LogP contribution is 2.10. The molecule has 0 saturated carbocycles. The molecule has 0 aliphatic heterocycles. The van der Waals surface area contributed by atoms with Gasteiger partial charge in [0.2, 0.25) is 5.37 Å². The van der Waals surface area contributed by atoms with Gasteiger partial charge in [-0.1, -0.05) is 0 Å². The summed E-state index contributed by atoms with van der Waals surface area (Å²) in [5, 5.41) is 2.14. The van der Waals surface area contributed by atoms with Crippen LogP contribution in [0.15, 0.2) is 12.4 Å². The molecule has 1 heterocycles. The van der Waals surface area contributed by atoms with Crippen LogP contribution >= 0.6 is 0 Å². The van der Waals surface area contributed by atoms with E-state index in [9.17, 15) is 13.2 Å². The molecule has 7 heteroatoms. The van der Waals surface area contributed by atoms with Crippen LogP contribution in [0.5, 0.6) is 0 Å². The van der Waals surface area contributed by atoms with Crippen molar-refractivity contribution in [1.29, 1.82) is 0 Å². The van der Waals surface area contributed by atoms with Gasteiger partial charge in [0.1, 0.15) is 0 Å². The summed E-state index contributed by atoms with van der Waals surface area (Å²) in [6.07, 6.45) is 3.42. The lowest BCUT2D eigenvalue weighted by molar-refractivity contribution is -0.119. The molecule has 0 aliphatic carbocycles. The molecule has 1 radical (unpaired) electrons. The molecule has 0 aliphatic rings. The molecule has 13 heavy (non-hydrogen) atoms. The Morgan fingerprint density at radius 2 is 2.31 bits per heavy atom. The van der Waals surface area contributed by atoms with E-state index in [0.717, 1.165) is 10.9 Å². The first-order chi connectivity index (χ1) is 5.93. The van der Waals surface area contributed by atoms with Crippen LogP contribution in [-0.2, 0) is 14.6 Å². The number of rotatable bonds is 3. The van der Waals surface area contributed by atoms with Crippen molar-refractivity contribution in [2.75, 3.05) is 6.26 Å². The quantitative estimate of drug-likeness (QED) is 0.659. The Labute approximate surface area is 75.3 Å². The number of nitrogens with two attached hydrogens (primary N) is 1. The van der Waals surface area contributed by atoms with Gasteiger partial charge in [-0.05, 0) is 0 Å². The normalized spacial score (nSPS) is 13.9. The van der Waals surface area contributed by atoms with E-state index in [0.29, 0.717) is 0 Å². The Morgan fingerprint density at radius 1 is 1.69 bits per heavy atom. The minimum absolute atomic E-state index is 0.921. The monoisotopic (exact) mass is 202 g/mol. The molecule has 0 bridgehead atoms. The molecule has 0 spiro atoms. The Kier molecular flexibility index (Phi) is 2.37. The van der Waals surface area contributed by atoms with Crippen molar-refractivity contribution >= 4 is 15.7 Å². The molecule has 1 aromatic heterocycles. The highest BCUT2D eigenvalue weighted by Gasteiger charge is 2.28. The molecule has 6 nitrogen and oxygen atoms in total. The summed E-state index contributed by atoms with van der Waals surface area (Å²) in [5.74, 6) is -0.959. The molecule has 1 rings (SSSR count). The van der Waals surface area contributed by atoms with Gasteiger partial charge in [-0.2, -0.15) is 5.10 Å². The zero-order valence-corrected chi connectivity index (χ0v) is 7.65. The third-order valence-electron chi connectivity index (χ3n) is 1.36. The molecule has 0 fully saturated rings. The number of sulfone groups is 1. The number of carbonyl (C=O) groups excluding carboxylic acids is 1. The molecule has 1 aromatic rings. The third kappa shape index (κ3) is 2.05. The van der Waals surface area contributed by atoms with Crippen molar-refractivity contribution in [2.24, 2.45) is 5.73 Å². The van der Waals surface area contributed by atoms with Crippen LogP contribution in [-0.4, -0.2) is 30.4 Å². The molecule has 1 atom stereocenters. The summed E-state index contributed by atoms with van der Waals surface area (Å²) in [7, 11) is -3.58. The topological polar surface area (TPSA) is 95.0 Å². The number of primary amides is 1. The van der Waals surface area contributed by atoms with Crippen molar-refractivity contribution < 1.29 is 13.2 Å². The first-order valence-corrected chi connectivity index (χ1v) is 5.27. The number of carbonyl (C=O) groups is 1. The fraction of sp³-hybridized carbons (Fsp3) is 0.333. The molecule has 2 N–H and O–H groups in total. The molecule has 0 aromatic carbocycles. The first kappa shape index (κ1) is 9.72. The molecule has 71 valence electrons. The van der Waals surface area contributed by atoms with Gasteiger partial charge in [0, 0.05) is 18.5 Å². The van der Waals surface area contributed by atoms with Crippen molar-refractivity contribution in [3.8, 4) is 0 Å². The van der Waals surface area contributed by atoms with E-state index >= 15 is 0 Å². The number of aromatic nitrogens is 2. The Hall–Kier alpha value is -1.37. The van der Waals surface area contributed by atoms with E-state index in [1.165, 1.54) is 12.4 Å². The molecule has 1 amide bonds. The van der Waals surface area contributed by atoms with Crippen LogP contribution in [0.2, 0.25) is 0 Å². The Balaban J connectivity index is 3.17. The van der Waals surface area contributed by atoms with Crippen LogP contribution in [0.3, 0.4) is 0 Å². The first-order valence-electron chi connectivity index (χ1n) is 3.31. The van der Waals surface area contributed by atoms with Crippen LogP contribution in [0.25, 0.3) is 0 Å². The highest BCUT2D eigenvalue weighted by atomic mass is 32.2. The molecule has 0 saturated heterocycles. The van der Waals surface area contributed by atoms with Gasteiger partial charge in [-0.25, -0.2) is 13.1 Å². The van der Waals surface area contributed by atoms with E-state index < -0.39 is 21.1 Å². The maximum atomic E-state index is 11.1. The van der Waals surface area contributed by atoms with Gasteiger partial charge in [-0.15, -0.1) is 0 Å². The average molecular weight is 202 g/mol. The van der Waals surface area contributed by atoms with Gasteiger partial charge in [-0.3, -0.25) is 4.79 Å². The van der Waals surface area contributed by atoms with E-state index in [4.69, 9.17) is 5.73 Å². The maximum Gasteiger partial charge on any atom is 0.257 e. The molecular weight excluding hydrogens is 194 g/mol. The number of hydrogen-bond donors (Lipinski definition) is 1. The van der Waals surface area contributed by atoms with Crippen molar-refractivity contribution in [1.82, 2.24) is 9.78 Å². The van der Waals surface area contributed by atoms with Crippen molar-refractivity contribution in [3.05, 3.63) is 18.5 Å². The van der Waals surface area contributed by atoms with Crippen molar-refractivity contribution in [2.45, 2.75) is 5.37 Å². The van der Waals surface area contributed by atoms with E-state index in [1.807, 2.05) is 0 Å². The zero-order valence-electron chi connectivity index (χ0n) is 6.84. The van der Waals surface area contributed by atoms with E-state index in [-0.39, 0.29) is 0 Å². The molecule has 1 unspecified atom stereocenters. The second-order valence-electron chi connectivity index (χ2n) is 2.50. The predicted molar refractivity (Wildman–Crippen MR) is 44.1 cm³/mol. The summed E-state index contributed by atoms with van der Waals surface area (Å²) in [5.41, 5.74) is 4.92. The van der Waals surface area contributed by atoms with Gasteiger partial charge in [0.25, 0.3) is 5.91 Å². The standard InChI is InChI=1S/C6H8N3O3S/c1-13(11,12)6(5(7)10)9-4-2-3-8-9/h3-4,6H,1H3,(H2,7,10). The lowest BCUT2D eigenvalue weighted by Crippen LogP contribution is -2.32. The van der Waals surface area contributed by atoms with Crippen LogP contribution in [0.4, 0.5) is 0 Å². The number of hydrogen-bond acceptors (Lipinski definition) is 4. The lowest BCUT2D eigenvalue weighted by atomic mass is 10.6. The summed E-state index contributed by atoms with van der Waals surface area (Å²) < 4.78 is 23.1. The summed E-state index contributed by atoms with van der Waals surface area (Å²) in [6, 6.07) is 2.52. The largest absolute Gasteiger partial charge is 0.367 e. The SMILES string of the molecule is CS(=O)(=O)C(C(N)=O)n1c[c]cn1. The lowest BCUT2D eigenvalue weighted by Gasteiger charge is -2.10. The van der Waals surface area contributed by atoms with Gasteiger partial charge in [0.05, 0.1) is 6.20 Å². The minimum Gasteiger partial charge on any atom is -0.367 e. The molecular formula is C6H8N3O3S. The fourth-order valence-electron chi connectivity index (χ4n) is 0.909. The number of nitrogens with zero attached hydrogens (tertiary/aromatic N) is 2. The summed E-state index contributed by atoms with van der Waals surface area (Å²) in [4.78, 5) is 10.8. The van der Waals surface area contributed by atoms with Crippen LogP contribution < -0.4 is 5.73 Å². The predicted octanol–water partition coefficient (Wildman–Crippen LogP) is -1.29. The number of amides is 1. The zero-order chi connectivity index (χ0) is 10.1. The van der Waals surface area contributed by atoms with Crippen LogP contribution in [0, 0.1) is 6.07 Å². The second kappa shape index (κ2) is 3.17. The van der Waals surface area contributed by atoms with E-state index in [1.54, 1.807) is 0 Å². The fourth-order valence-corrected chi connectivity index (χ4v) is 1.84. The van der Waals surface area contributed by atoms with Gasteiger partial charge < -0.3 is 5.73 Å².